The molecule has 5 heteroatoms. The predicted octanol–water partition coefficient (Wildman–Crippen LogP) is 1.18. The third-order valence-electron chi connectivity index (χ3n) is 5.20. The first kappa shape index (κ1) is 14.3. The summed E-state index contributed by atoms with van der Waals surface area (Å²) in [5.41, 5.74) is 0. The van der Waals surface area contributed by atoms with E-state index in [-0.39, 0.29) is 6.04 Å². The van der Waals surface area contributed by atoms with Gasteiger partial charge in [0.2, 0.25) is 0 Å². The lowest BCUT2D eigenvalue weighted by Gasteiger charge is -2.42. The van der Waals surface area contributed by atoms with Gasteiger partial charge >= 0.3 is 5.97 Å². The zero-order valence-electron chi connectivity index (χ0n) is 12.2. The van der Waals surface area contributed by atoms with E-state index in [2.05, 4.69) is 9.80 Å². The monoisotopic (exact) mass is 282 g/mol. The molecule has 0 radical (unpaired) electrons. The van der Waals surface area contributed by atoms with Crippen molar-refractivity contribution in [2.75, 3.05) is 32.8 Å². The van der Waals surface area contributed by atoms with Gasteiger partial charge in [-0.3, -0.25) is 14.6 Å². The molecule has 3 heterocycles. The largest absolute Gasteiger partial charge is 0.480 e. The number of carboxylic acids is 1. The van der Waals surface area contributed by atoms with Gasteiger partial charge in [-0.25, -0.2) is 0 Å². The Bertz CT molecular complexity index is 336. The third kappa shape index (κ3) is 3.00. The maximum absolute atomic E-state index is 11.3. The molecule has 3 rings (SSSR count). The van der Waals surface area contributed by atoms with Gasteiger partial charge in [0.05, 0.1) is 6.61 Å². The lowest BCUT2D eigenvalue weighted by atomic mass is 9.99. The first-order valence-corrected chi connectivity index (χ1v) is 8.06. The second-order valence-electron chi connectivity index (χ2n) is 6.37. The zero-order valence-corrected chi connectivity index (χ0v) is 12.2. The minimum Gasteiger partial charge on any atom is -0.480 e. The number of likely N-dealkylation sites (tertiary alicyclic amines) is 2. The van der Waals surface area contributed by atoms with Crippen molar-refractivity contribution >= 4 is 5.97 Å². The van der Waals surface area contributed by atoms with Crippen LogP contribution in [-0.2, 0) is 9.53 Å². The van der Waals surface area contributed by atoms with Crippen LogP contribution >= 0.6 is 0 Å². The Morgan fingerprint density at radius 2 is 1.80 bits per heavy atom. The molecule has 0 aromatic heterocycles. The maximum atomic E-state index is 11.3. The number of rotatable bonds is 3. The van der Waals surface area contributed by atoms with Crippen LogP contribution in [0.2, 0.25) is 0 Å². The van der Waals surface area contributed by atoms with Crippen molar-refractivity contribution in [3.63, 3.8) is 0 Å². The number of nitrogens with zero attached hydrogens (tertiary/aromatic N) is 2. The molecule has 0 aromatic carbocycles. The second-order valence-corrected chi connectivity index (χ2v) is 6.37. The fraction of sp³-hybridized carbons (Fsp3) is 0.933. The Labute approximate surface area is 120 Å². The van der Waals surface area contributed by atoms with E-state index in [1.54, 1.807) is 0 Å². The molecule has 1 N–H and O–H groups in total. The molecule has 0 spiro atoms. The molecule has 0 saturated carbocycles. The number of piperidine rings is 1. The highest BCUT2D eigenvalue weighted by atomic mass is 16.5. The average Bonchev–Trinajstić information content (AvgIpc) is 2.98. The van der Waals surface area contributed by atoms with Crippen LogP contribution < -0.4 is 0 Å². The fourth-order valence-electron chi connectivity index (χ4n) is 4.09. The van der Waals surface area contributed by atoms with Gasteiger partial charge in [-0.1, -0.05) is 0 Å². The molecular weight excluding hydrogens is 256 g/mol. The normalized spacial score (nSPS) is 34.4. The van der Waals surface area contributed by atoms with Crippen LogP contribution in [0.3, 0.4) is 0 Å². The van der Waals surface area contributed by atoms with Crippen LogP contribution in [0.5, 0.6) is 0 Å². The molecule has 5 nitrogen and oxygen atoms in total. The van der Waals surface area contributed by atoms with E-state index < -0.39 is 5.97 Å². The second kappa shape index (κ2) is 6.41. The molecule has 0 aliphatic carbocycles. The van der Waals surface area contributed by atoms with Crippen LogP contribution in [0.4, 0.5) is 0 Å². The molecule has 114 valence electrons. The van der Waals surface area contributed by atoms with Crippen LogP contribution in [0.25, 0.3) is 0 Å². The number of hydrogen-bond acceptors (Lipinski definition) is 4. The Kier molecular flexibility index (Phi) is 4.58. The zero-order chi connectivity index (χ0) is 13.9. The summed E-state index contributed by atoms with van der Waals surface area (Å²) < 4.78 is 5.58. The molecule has 0 aromatic rings. The average molecular weight is 282 g/mol. The first-order chi connectivity index (χ1) is 9.75. The Morgan fingerprint density at radius 1 is 1.00 bits per heavy atom. The summed E-state index contributed by atoms with van der Waals surface area (Å²) in [6.07, 6.45) is 6.52. The molecule has 0 amide bonds. The number of carboxylic acid groups (broad SMARTS) is 1. The molecule has 3 fully saturated rings. The molecular formula is C15H26N2O3. The van der Waals surface area contributed by atoms with Crippen molar-refractivity contribution in [2.24, 2.45) is 0 Å². The minimum atomic E-state index is -0.634. The molecule has 3 aliphatic rings. The summed E-state index contributed by atoms with van der Waals surface area (Å²) in [4.78, 5) is 16.1. The first-order valence-electron chi connectivity index (χ1n) is 8.06. The lowest BCUT2D eigenvalue weighted by Crippen LogP contribution is -2.52. The van der Waals surface area contributed by atoms with Crippen LogP contribution in [-0.4, -0.2) is 71.8 Å². The van der Waals surface area contributed by atoms with Gasteiger partial charge in [0.15, 0.2) is 0 Å². The van der Waals surface area contributed by atoms with Gasteiger partial charge < -0.3 is 9.84 Å². The van der Waals surface area contributed by atoms with E-state index in [4.69, 9.17) is 4.74 Å². The SMILES string of the molecule is O=C(O)C1CCCN1C1CCN(C2CCCOC2)CC1. The standard InChI is InChI=1S/C15H26N2O3/c18-15(19)14-4-1-7-17(14)12-5-8-16(9-6-12)13-3-2-10-20-11-13/h12-14H,1-11H2,(H,18,19). The number of aliphatic carboxylic acids is 1. The lowest BCUT2D eigenvalue weighted by molar-refractivity contribution is -0.143. The van der Waals surface area contributed by atoms with Crippen molar-refractivity contribution in [3.05, 3.63) is 0 Å². The summed E-state index contributed by atoms with van der Waals surface area (Å²) in [5, 5.41) is 9.30. The summed E-state index contributed by atoms with van der Waals surface area (Å²) in [6, 6.07) is 0.836. The summed E-state index contributed by atoms with van der Waals surface area (Å²) in [7, 11) is 0. The molecule has 20 heavy (non-hydrogen) atoms. The van der Waals surface area contributed by atoms with E-state index in [9.17, 15) is 9.90 Å². The Hall–Kier alpha value is -0.650. The van der Waals surface area contributed by atoms with Gasteiger partial charge in [-0.05, 0) is 45.1 Å². The highest BCUT2D eigenvalue weighted by Crippen LogP contribution is 2.27. The molecule has 3 saturated heterocycles. The molecule has 2 atom stereocenters. The minimum absolute atomic E-state index is 0.232. The fourth-order valence-corrected chi connectivity index (χ4v) is 4.09. The number of carbonyl (C=O) groups is 1. The van der Waals surface area contributed by atoms with Crippen LogP contribution in [0.15, 0.2) is 0 Å². The third-order valence-corrected chi connectivity index (χ3v) is 5.20. The van der Waals surface area contributed by atoms with E-state index in [1.807, 2.05) is 0 Å². The van der Waals surface area contributed by atoms with E-state index in [0.29, 0.717) is 12.1 Å². The maximum Gasteiger partial charge on any atom is 0.320 e. The summed E-state index contributed by atoms with van der Waals surface area (Å²) in [5.74, 6) is -0.634. The van der Waals surface area contributed by atoms with E-state index in [0.717, 1.165) is 58.5 Å². The predicted molar refractivity (Wildman–Crippen MR) is 75.8 cm³/mol. The Morgan fingerprint density at radius 3 is 2.45 bits per heavy atom. The molecule has 2 unspecified atom stereocenters. The van der Waals surface area contributed by atoms with Crippen molar-refractivity contribution in [2.45, 2.75) is 56.7 Å². The topological polar surface area (TPSA) is 53.0 Å². The highest BCUT2D eigenvalue weighted by molar-refractivity contribution is 5.73. The molecule has 3 aliphatic heterocycles. The van der Waals surface area contributed by atoms with Crippen LogP contribution in [0, 0.1) is 0 Å². The van der Waals surface area contributed by atoms with E-state index in [1.165, 1.54) is 12.8 Å². The number of ether oxygens (including phenoxy) is 1. The van der Waals surface area contributed by atoms with Gasteiger partial charge in [-0.15, -0.1) is 0 Å². The number of hydrogen-bond donors (Lipinski definition) is 1. The van der Waals surface area contributed by atoms with Crippen molar-refractivity contribution < 1.29 is 14.6 Å². The van der Waals surface area contributed by atoms with Gasteiger partial charge in [0.25, 0.3) is 0 Å². The smallest absolute Gasteiger partial charge is 0.320 e. The Balaban J connectivity index is 1.51. The summed E-state index contributed by atoms with van der Waals surface area (Å²) >= 11 is 0. The van der Waals surface area contributed by atoms with Crippen LogP contribution in [0.1, 0.15) is 38.5 Å². The van der Waals surface area contributed by atoms with Gasteiger partial charge in [-0.2, -0.15) is 0 Å². The van der Waals surface area contributed by atoms with Crippen molar-refractivity contribution in [1.29, 1.82) is 0 Å². The quantitative estimate of drug-likeness (QED) is 0.842. The van der Waals surface area contributed by atoms with Crippen molar-refractivity contribution in [1.82, 2.24) is 9.80 Å². The van der Waals surface area contributed by atoms with Gasteiger partial charge in [0.1, 0.15) is 6.04 Å². The summed E-state index contributed by atoms with van der Waals surface area (Å²) in [6.45, 7) is 4.96. The van der Waals surface area contributed by atoms with Gasteiger partial charge in [0, 0.05) is 31.8 Å². The van der Waals surface area contributed by atoms with E-state index >= 15 is 0 Å². The molecule has 0 bridgehead atoms. The highest BCUT2D eigenvalue weighted by Gasteiger charge is 2.37. The van der Waals surface area contributed by atoms with Crippen molar-refractivity contribution in [3.8, 4) is 0 Å².